The molecule has 1 fully saturated rings. The fourth-order valence-corrected chi connectivity index (χ4v) is 6.88. The second kappa shape index (κ2) is 11.8. The SMILES string of the molecule is CC(=O)C1(O)Cc2c(O)c3c(c(O)c2C(OC2CC4N=CC(C)OC(CC(C)O)OC4C(C)O2)C1)C(=O)c1c(O)cccc1C3=O. The van der Waals surface area contributed by atoms with Gasteiger partial charge in [-0.05, 0) is 33.8 Å². The van der Waals surface area contributed by atoms with Gasteiger partial charge in [0.15, 0.2) is 24.1 Å². The highest BCUT2D eigenvalue weighted by atomic mass is 16.7. The van der Waals surface area contributed by atoms with Gasteiger partial charge in [-0.25, -0.2) is 0 Å². The molecule has 4 aliphatic rings. The van der Waals surface area contributed by atoms with Crippen molar-refractivity contribution in [2.45, 2.75) is 108 Å². The first-order chi connectivity index (χ1) is 21.7. The van der Waals surface area contributed by atoms with Crippen molar-refractivity contribution in [1.29, 1.82) is 0 Å². The second-order valence-electron chi connectivity index (χ2n) is 12.6. The lowest BCUT2D eigenvalue weighted by Crippen LogP contribution is -2.52. The standard InChI is InChI=1S/C33H37NO12/c1-13(35)8-22-43-14(2)12-34-19-9-23(44-15(3)32(19)46-22)45-21-11-33(42,16(4)36)10-18-25(21)31(41)27-26(29(18)39)28(38)17-6-5-7-20(37)24(17)30(27)40/h5-7,12-15,19,21-23,32,35,37,39,41-42H,8-11H2,1-4H3. The van der Waals surface area contributed by atoms with Crippen molar-refractivity contribution < 1.29 is 58.9 Å². The van der Waals surface area contributed by atoms with Crippen molar-refractivity contribution in [3.05, 3.63) is 51.6 Å². The molecule has 0 spiro atoms. The molecular formula is C33H37NO12. The lowest BCUT2D eigenvalue weighted by Gasteiger charge is -2.44. The molecular weight excluding hydrogens is 602 g/mol. The molecule has 13 nitrogen and oxygen atoms in total. The molecule has 13 heteroatoms. The third-order valence-corrected chi connectivity index (χ3v) is 9.18. The first-order valence-corrected chi connectivity index (χ1v) is 15.3. The molecule has 2 aromatic carbocycles. The number of Topliss-reactive ketones (excluding diaryl/α,β-unsaturated/α-hetero) is 1. The normalized spacial score (nSPS) is 32.8. The molecule has 0 bridgehead atoms. The van der Waals surface area contributed by atoms with E-state index in [0.29, 0.717) is 0 Å². The van der Waals surface area contributed by atoms with Gasteiger partial charge in [0.25, 0.3) is 0 Å². The van der Waals surface area contributed by atoms with Gasteiger partial charge in [0, 0.05) is 48.6 Å². The average molecular weight is 640 g/mol. The summed E-state index contributed by atoms with van der Waals surface area (Å²) < 4.78 is 24.5. The highest BCUT2D eigenvalue weighted by Crippen LogP contribution is 2.52. The number of hydrogen-bond donors (Lipinski definition) is 5. The number of aliphatic hydroxyl groups excluding tert-OH is 1. The number of ether oxygens (including phenoxy) is 4. The Kier molecular flexibility index (Phi) is 8.28. The summed E-state index contributed by atoms with van der Waals surface area (Å²) in [5, 5.41) is 54.9. The summed E-state index contributed by atoms with van der Waals surface area (Å²) in [5.74, 6) is -4.11. The van der Waals surface area contributed by atoms with Crippen LogP contribution in [-0.4, -0.2) is 97.7 Å². The van der Waals surface area contributed by atoms with E-state index in [1.165, 1.54) is 25.1 Å². The number of aliphatic hydroxyl groups is 2. The van der Waals surface area contributed by atoms with E-state index in [9.17, 15) is 39.9 Å². The highest BCUT2D eigenvalue weighted by Gasteiger charge is 2.50. The summed E-state index contributed by atoms with van der Waals surface area (Å²) in [7, 11) is 0. The van der Waals surface area contributed by atoms with E-state index in [-0.39, 0.29) is 41.5 Å². The number of rotatable bonds is 5. The van der Waals surface area contributed by atoms with Gasteiger partial charge in [-0.15, -0.1) is 0 Å². The number of aliphatic imine (C=N–C) groups is 1. The van der Waals surface area contributed by atoms with Gasteiger partial charge in [0.05, 0.1) is 47.1 Å². The quantitative estimate of drug-likeness (QED) is 0.256. The Morgan fingerprint density at radius 1 is 1.07 bits per heavy atom. The minimum absolute atomic E-state index is 0.0722. The zero-order chi connectivity index (χ0) is 33.2. The predicted octanol–water partition coefficient (Wildman–Crippen LogP) is 2.38. The molecule has 246 valence electrons. The maximum atomic E-state index is 13.6. The van der Waals surface area contributed by atoms with E-state index >= 15 is 0 Å². The van der Waals surface area contributed by atoms with Crippen LogP contribution in [0.5, 0.6) is 17.2 Å². The molecule has 2 aromatic rings. The van der Waals surface area contributed by atoms with Crippen molar-refractivity contribution in [2.75, 3.05) is 0 Å². The first-order valence-electron chi connectivity index (χ1n) is 15.3. The molecule has 2 aliphatic carbocycles. The zero-order valence-corrected chi connectivity index (χ0v) is 25.8. The number of ketones is 3. The maximum Gasteiger partial charge on any atom is 0.202 e. The Bertz CT molecular complexity index is 1630. The molecule has 1 saturated heterocycles. The Morgan fingerprint density at radius 3 is 2.48 bits per heavy atom. The summed E-state index contributed by atoms with van der Waals surface area (Å²) in [6, 6.07) is 3.46. The molecule has 9 unspecified atom stereocenters. The van der Waals surface area contributed by atoms with E-state index in [1.54, 1.807) is 27.0 Å². The molecule has 0 radical (unpaired) electrons. The Labute approximate surface area is 264 Å². The van der Waals surface area contributed by atoms with Crippen LogP contribution in [0, 0.1) is 0 Å². The van der Waals surface area contributed by atoms with Gasteiger partial charge < -0.3 is 44.5 Å². The smallest absolute Gasteiger partial charge is 0.202 e. The number of benzene rings is 2. The molecule has 0 aromatic heterocycles. The summed E-state index contributed by atoms with van der Waals surface area (Å²) in [4.78, 5) is 44.5. The minimum Gasteiger partial charge on any atom is -0.507 e. The second-order valence-corrected chi connectivity index (χ2v) is 12.6. The summed E-state index contributed by atoms with van der Waals surface area (Å²) >= 11 is 0. The van der Waals surface area contributed by atoms with Gasteiger partial charge in [-0.3, -0.25) is 19.4 Å². The van der Waals surface area contributed by atoms with Crippen molar-refractivity contribution in [3.8, 4) is 17.2 Å². The number of carbonyl (C=O) groups excluding carboxylic acids is 3. The van der Waals surface area contributed by atoms with Crippen molar-refractivity contribution >= 4 is 23.6 Å². The highest BCUT2D eigenvalue weighted by molar-refractivity contribution is 6.31. The van der Waals surface area contributed by atoms with Crippen LogP contribution in [0.3, 0.4) is 0 Å². The van der Waals surface area contributed by atoms with E-state index in [1.807, 2.05) is 0 Å². The monoisotopic (exact) mass is 639 g/mol. The molecule has 0 saturated carbocycles. The van der Waals surface area contributed by atoms with Crippen molar-refractivity contribution in [2.24, 2.45) is 4.99 Å². The van der Waals surface area contributed by atoms with Crippen LogP contribution in [0.15, 0.2) is 23.2 Å². The zero-order valence-electron chi connectivity index (χ0n) is 25.8. The Morgan fingerprint density at radius 2 is 1.78 bits per heavy atom. The maximum absolute atomic E-state index is 13.6. The summed E-state index contributed by atoms with van der Waals surface area (Å²) in [5.41, 5.74) is -3.69. The third kappa shape index (κ3) is 5.40. The van der Waals surface area contributed by atoms with Gasteiger partial charge in [0.1, 0.15) is 29.0 Å². The van der Waals surface area contributed by atoms with Crippen LogP contribution >= 0.6 is 0 Å². The third-order valence-electron chi connectivity index (χ3n) is 9.18. The Balaban J connectivity index is 1.39. The topological polar surface area (TPSA) is 202 Å². The number of fused-ring (bicyclic) bond motifs is 4. The van der Waals surface area contributed by atoms with E-state index in [2.05, 4.69) is 4.99 Å². The largest absolute Gasteiger partial charge is 0.507 e. The number of carbonyl (C=O) groups is 3. The summed E-state index contributed by atoms with van der Waals surface area (Å²) in [6.45, 7) is 6.36. The minimum atomic E-state index is -2.04. The van der Waals surface area contributed by atoms with Crippen molar-refractivity contribution in [1.82, 2.24) is 0 Å². The van der Waals surface area contributed by atoms with Gasteiger partial charge in [-0.1, -0.05) is 12.1 Å². The fourth-order valence-electron chi connectivity index (χ4n) is 6.88. The van der Waals surface area contributed by atoms with E-state index in [0.717, 1.165) is 0 Å². The molecule has 2 aliphatic heterocycles. The molecule has 46 heavy (non-hydrogen) atoms. The number of hydrogen-bond acceptors (Lipinski definition) is 13. The molecule has 0 amide bonds. The Hall–Kier alpha value is -3.72. The van der Waals surface area contributed by atoms with Gasteiger partial charge in [0.2, 0.25) is 5.78 Å². The van der Waals surface area contributed by atoms with E-state index < -0.39 is 107 Å². The lowest BCUT2D eigenvalue weighted by molar-refractivity contribution is -0.283. The van der Waals surface area contributed by atoms with Gasteiger partial charge in [-0.2, -0.15) is 0 Å². The van der Waals surface area contributed by atoms with Crippen LogP contribution in [-0.2, 0) is 30.2 Å². The van der Waals surface area contributed by atoms with Crippen LogP contribution in [0.2, 0.25) is 0 Å². The first kappa shape index (κ1) is 32.2. The number of aromatic hydroxyl groups is 3. The number of nitrogens with zero attached hydrogens (tertiary/aromatic N) is 1. The van der Waals surface area contributed by atoms with Crippen LogP contribution in [0.1, 0.15) is 96.0 Å². The fraction of sp³-hybridized carbons (Fsp3) is 0.515. The van der Waals surface area contributed by atoms with Crippen molar-refractivity contribution in [3.63, 3.8) is 0 Å². The van der Waals surface area contributed by atoms with E-state index in [4.69, 9.17) is 18.9 Å². The van der Waals surface area contributed by atoms with Crippen LogP contribution in [0.4, 0.5) is 0 Å². The lowest BCUT2D eigenvalue weighted by atomic mass is 9.72. The molecule has 2 heterocycles. The van der Waals surface area contributed by atoms with Crippen LogP contribution in [0.25, 0.3) is 0 Å². The number of phenols is 3. The predicted molar refractivity (Wildman–Crippen MR) is 159 cm³/mol. The summed E-state index contributed by atoms with van der Waals surface area (Å²) in [6.07, 6.45) is -4.04. The van der Waals surface area contributed by atoms with Gasteiger partial charge >= 0.3 is 0 Å². The average Bonchev–Trinajstić information content (AvgIpc) is 2.96. The molecule has 9 atom stereocenters. The molecule has 5 N–H and O–H groups in total. The van der Waals surface area contributed by atoms with Crippen LogP contribution < -0.4 is 0 Å². The number of phenolic OH excluding ortho intramolecular Hbond substituents is 3. The molecule has 6 rings (SSSR count).